The Hall–Kier alpha value is -0.970. The molecule has 2 amide bonds. The summed E-state index contributed by atoms with van der Waals surface area (Å²) in [6.07, 6.45) is 0. The molecule has 0 aromatic heterocycles. The van der Waals surface area contributed by atoms with Crippen molar-refractivity contribution in [1.82, 2.24) is 4.90 Å². The molecule has 1 aromatic rings. The Morgan fingerprint density at radius 2 is 1.84 bits per heavy atom. The van der Waals surface area contributed by atoms with Gasteiger partial charge in [-0.05, 0) is 39.0 Å². The van der Waals surface area contributed by atoms with Gasteiger partial charge in [0.15, 0.2) is 0 Å². The van der Waals surface area contributed by atoms with Gasteiger partial charge in [-0.3, -0.25) is 0 Å². The highest BCUT2D eigenvalue weighted by atomic mass is 35.5. The summed E-state index contributed by atoms with van der Waals surface area (Å²) in [5.74, 6) is 0. The first kappa shape index (κ1) is 16.1. The molecule has 4 nitrogen and oxygen atoms in total. The maximum atomic E-state index is 12.1. The van der Waals surface area contributed by atoms with Crippen molar-refractivity contribution in [2.75, 3.05) is 18.4 Å². The van der Waals surface area contributed by atoms with Crippen LogP contribution in [0, 0.1) is 0 Å². The van der Waals surface area contributed by atoms with Gasteiger partial charge in [0.25, 0.3) is 0 Å². The quantitative estimate of drug-likeness (QED) is 0.892. The van der Waals surface area contributed by atoms with Crippen LogP contribution in [-0.2, 0) is 0 Å². The lowest BCUT2D eigenvalue weighted by Crippen LogP contribution is -2.44. The predicted octanol–water partition coefficient (Wildman–Crippen LogP) is 3.62. The second kappa shape index (κ2) is 6.46. The molecule has 0 bridgehead atoms. The number of hydrogen-bond acceptors (Lipinski definition) is 2. The Labute approximate surface area is 123 Å². The van der Waals surface area contributed by atoms with Gasteiger partial charge in [-0.25, -0.2) is 4.79 Å². The highest BCUT2D eigenvalue weighted by molar-refractivity contribution is 6.35. The number of likely N-dealkylation sites (N-methyl/N-ethyl adjacent to an activating group) is 1. The number of urea groups is 1. The zero-order valence-corrected chi connectivity index (χ0v) is 12.7. The Balaban J connectivity index is 2.77. The van der Waals surface area contributed by atoms with Crippen LogP contribution in [0.5, 0.6) is 0 Å². The smallest absolute Gasteiger partial charge is 0.321 e. The molecule has 6 heteroatoms. The maximum absolute atomic E-state index is 12.1. The molecule has 0 heterocycles. The molecule has 2 N–H and O–H groups in total. The van der Waals surface area contributed by atoms with E-state index in [1.54, 1.807) is 32.0 Å². The number of carbonyl (C=O) groups excluding carboxylic acids is 1. The summed E-state index contributed by atoms with van der Waals surface area (Å²) < 4.78 is 0. The first-order chi connectivity index (χ1) is 8.71. The molecule has 0 aliphatic carbocycles. The molecule has 0 fully saturated rings. The second-order valence-corrected chi connectivity index (χ2v) is 5.79. The van der Waals surface area contributed by atoms with Crippen molar-refractivity contribution in [3.8, 4) is 0 Å². The lowest BCUT2D eigenvalue weighted by molar-refractivity contribution is 0.0501. The normalized spacial score (nSPS) is 11.3. The number of nitrogens with zero attached hydrogens (tertiary/aromatic N) is 1. The molecule has 0 saturated carbocycles. The van der Waals surface area contributed by atoms with Crippen LogP contribution in [0.1, 0.15) is 20.8 Å². The highest BCUT2D eigenvalue weighted by Crippen LogP contribution is 2.22. The molecular weight excluding hydrogens is 287 g/mol. The molecule has 0 saturated heterocycles. The standard InChI is InChI=1S/C13H18Cl2N2O2/c1-4-17(8-13(2,3)19)12(18)16-11-6-9(14)5-10(15)7-11/h5-7,19H,4,8H2,1-3H3,(H,16,18). The summed E-state index contributed by atoms with van der Waals surface area (Å²) in [7, 11) is 0. The average Bonchev–Trinajstić information content (AvgIpc) is 2.22. The van der Waals surface area contributed by atoms with Gasteiger partial charge in [-0.1, -0.05) is 23.2 Å². The van der Waals surface area contributed by atoms with E-state index in [0.29, 0.717) is 22.3 Å². The third kappa shape index (κ3) is 5.68. The fourth-order valence-corrected chi connectivity index (χ4v) is 2.15. The van der Waals surface area contributed by atoms with Crippen molar-refractivity contribution in [2.24, 2.45) is 0 Å². The van der Waals surface area contributed by atoms with Crippen molar-refractivity contribution in [1.29, 1.82) is 0 Å². The van der Waals surface area contributed by atoms with Gasteiger partial charge in [-0.2, -0.15) is 0 Å². The van der Waals surface area contributed by atoms with E-state index in [-0.39, 0.29) is 12.6 Å². The zero-order valence-electron chi connectivity index (χ0n) is 11.2. The summed E-state index contributed by atoms with van der Waals surface area (Å²) in [5, 5.41) is 13.4. The van der Waals surface area contributed by atoms with Gasteiger partial charge in [-0.15, -0.1) is 0 Å². The summed E-state index contributed by atoms with van der Waals surface area (Å²) in [4.78, 5) is 13.6. The van der Waals surface area contributed by atoms with Crippen LogP contribution in [0.15, 0.2) is 18.2 Å². The fraction of sp³-hybridized carbons (Fsp3) is 0.462. The molecule has 0 aliphatic heterocycles. The van der Waals surface area contributed by atoms with E-state index >= 15 is 0 Å². The van der Waals surface area contributed by atoms with Crippen molar-refractivity contribution in [3.05, 3.63) is 28.2 Å². The molecule has 1 rings (SSSR count). The van der Waals surface area contributed by atoms with E-state index in [1.165, 1.54) is 4.90 Å². The number of nitrogens with one attached hydrogen (secondary N) is 1. The lowest BCUT2D eigenvalue weighted by Gasteiger charge is -2.28. The van der Waals surface area contributed by atoms with Crippen molar-refractivity contribution >= 4 is 34.9 Å². The zero-order chi connectivity index (χ0) is 14.6. The van der Waals surface area contributed by atoms with Crippen LogP contribution in [-0.4, -0.2) is 34.7 Å². The SMILES string of the molecule is CCN(CC(C)(C)O)C(=O)Nc1cc(Cl)cc(Cl)c1. The van der Waals surface area contributed by atoms with E-state index < -0.39 is 5.60 Å². The van der Waals surface area contributed by atoms with Crippen molar-refractivity contribution < 1.29 is 9.90 Å². The lowest BCUT2D eigenvalue weighted by atomic mass is 10.1. The summed E-state index contributed by atoms with van der Waals surface area (Å²) in [5.41, 5.74) is -0.420. The Bertz CT molecular complexity index is 438. The van der Waals surface area contributed by atoms with E-state index in [2.05, 4.69) is 5.32 Å². The van der Waals surface area contributed by atoms with Gasteiger partial charge in [0.2, 0.25) is 0 Å². The summed E-state index contributed by atoms with van der Waals surface area (Å²) >= 11 is 11.7. The van der Waals surface area contributed by atoms with Gasteiger partial charge >= 0.3 is 6.03 Å². The number of amides is 2. The van der Waals surface area contributed by atoms with Crippen molar-refractivity contribution in [2.45, 2.75) is 26.4 Å². The molecule has 0 aliphatic rings. The van der Waals surface area contributed by atoms with Crippen LogP contribution in [0.3, 0.4) is 0 Å². The van der Waals surface area contributed by atoms with Gasteiger partial charge < -0.3 is 15.3 Å². The molecule has 0 atom stereocenters. The minimum Gasteiger partial charge on any atom is -0.389 e. The monoisotopic (exact) mass is 304 g/mol. The predicted molar refractivity (Wildman–Crippen MR) is 79.0 cm³/mol. The van der Waals surface area contributed by atoms with Gasteiger partial charge in [0, 0.05) is 22.3 Å². The number of benzene rings is 1. The van der Waals surface area contributed by atoms with E-state index in [0.717, 1.165) is 0 Å². The Morgan fingerprint density at radius 1 is 1.32 bits per heavy atom. The topological polar surface area (TPSA) is 52.6 Å². The number of carbonyl (C=O) groups is 1. The molecule has 19 heavy (non-hydrogen) atoms. The van der Waals surface area contributed by atoms with Crippen LogP contribution < -0.4 is 5.32 Å². The third-order valence-electron chi connectivity index (χ3n) is 2.36. The Kier molecular flexibility index (Phi) is 5.47. The first-order valence-electron chi connectivity index (χ1n) is 5.95. The fourth-order valence-electron chi connectivity index (χ4n) is 1.62. The molecule has 0 radical (unpaired) electrons. The van der Waals surface area contributed by atoms with Crippen LogP contribution in [0.4, 0.5) is 10.5 Å². The minimum absolute atomic E-state index is 0.240. The first-order valence-corrected chi connectivity index (χ1v) is 6.71. The summed E-state index contributed by atoms with van der Waals surface area (Å²) in [6, 6.07) is 4.52. The largest absolute Gasteiger partial charge is 0.389 e. The number of aliphatic hydroxyl groups is 1. The van der Waals surface area contributed by atoms with Gasteiger partial charge in [0.1, 0.15) is 0 Å². The average molecular weight is 305 g/mol. The highest BCUT2D eigenvalue weighted by Gasteiger charge is 2.21. The molecule has 1 aromatic carbocycles. The molecular formula is C13H18Cl2N2O2. The maximum Gasteiger partial charge on any atom is 0.321 e. The number of rotatable bonds is 4. The van der Waals surface area contributed by atoms with Gasteiger partial charge in [0.05, 0.1) is 12.1 Å². The third-order valence-corrected chi connectivity index (χ3v) is 2.80. The number of anilines is 1. The Morgan fingerprint density at radius 3 is 2.26 bits per heavy atom. The van der Waals surface area contributed by atoms with E-state index in [9.17, 15) is 9.90 Å². The molecule has 0 spiro atoms. The van der Waals surface area contributed by atoms with Crippen LogP contribution in [0.2, 0.25) is 10.0 Å². The second-order valence-electron chi connectivity index (χ2n) is 4.91. The van der Waals surface area contributed by atoms with Crippen LogP contribution >= 0.6 is 23.2 Å². The van der Waals surface area contributed by atoms with Crippen LogP contribution in [0.25, 0.3) is 0 Å². The molecule has 0 unspecified atom stereocenters. The van der Waals surface area contributed by atoms with E-state index in [4.69, 9.17) is 23.2 Å². The summed E-state index contributed by atoms with van der Waals surface area (Å²) in [6.45, 7) is 5.88. The minimum atomic E-state index is -0.945. The molecule has 106 valence electrons. The van der Waals surface area contributed by atoms with E-state index in [1.807, 2.05) is 6.92 Å². The number of halogens is 2. The number of hydrogen-bond donors (Lipinski definition) is 2. The van der Waals surface area contributed by atoms with Crippen molar-refractivity contribution in [3.63, 3.8) is 0 Å².